The molecule has 1 aliphatic rings. The van der Waals surface area contributed by atoms with Gasteiger partial charge < -0.3 is 15.0 Å². The van der Waals surface area contributed by atoms with Crippen molar-refractivity contribution in [2.24, 2.45) is 0 Å². The predicted molar refractivity (Wildman–Crippen MR) is 106 cm³/mol. The molecular weight excluding hydrogens is 370 g/mol. The molecule has 1 atom stereocenters. The molecule has 1 aliphatic heterocycles. The average Bonchev–Trinajstić information content (AvgIpc) is 2.72. The highest BCUT2D eigenvalue weighted by Crippen LogP contribution is 2.33. The number of esters is 1. The van der Waals surface area contributed by atoms with Crippen molar-refractivity contribution >= 4 is 29.5 Å². The second kappa shape index (κ2) is 8.85. The van der Waals surface area contributed by atoms with Gasteiger partial charge in [-0.1, -0.05) is 36.4 Å². The summed E-state index contributed by atoms with van der Waals surface area (Å²) in [7, 11) is 0. The van der Waals surface area contributed by atoms with Crippen molar-refractivity contribution in [3.63, 3.8) is 0 Å². The highest BCUT2D eigenvalue weighted by Gasteiger charge is 2.28. The van der Waals surface area contributed by atoms with Crippen molar-refractivity contribution in [2.45, 2.75) is 19.4 Å². The monoisotopic (exact) mass is 389 g/mol. The van der Waals surface area contributed by atoms with Crippen LogP contribution in [0, 0.1) is 11.3 Å². The van der Waals surface area contributed by atoms with Gasteiger partial charge in [0.05, 0.1) is 23.7 Å². The molecule has 2 amide bonds. The third-order valence-electron chi connectivity index (χ3n) is 4.51. The van der Waals surface area contributed by atoms with E-state index in [2.05, 4.69) is 5.32 Å². The average molecular weight is 389 g/mol. The van der Waals surface area contributed by atoms with Gasteiger partial charge in [0.2, 0.25) is 5.91 Å². The topological polar surface area (TPSA) is 99.5 Å². The molecule has 7 heteroatoms. The molecule has 0 spiro atoms. The molecule has 0 radical (unpaired) electrons. The van der Waals surface area contributed by atoms with E-state index in [1.165, 1.54) is 11.8 Å². The molecule has 29 heavy (non-hydrogen) atoms. The molecule has 0 saturated carbocycles. The molecule has 7 nitrogen and oxygen atoms in total. The van der Waals surface area contributed by atoms with E-state index in [0.717, 1.165) is 11.1 Å². The molecule has 2 aromatic rings. The molecule has 2 aromatic carbocycles. The number of fused-ring (bicyclic) bond motifs is 1. The standard InChI is InChI=1S/C22H19N3O4/c1-15(26)25-11-10-16-6-2-4-8-18(16)20(25)12-22(28)29-14-21(27)24-19-9-5-3-7-17(19)13-23/h2-11,20H,12,14H2,1H3,(H,24,27)/t20-/m0/s1. The molecule has 0 bridgehead atoms. The quantitative estimate of drug-likeness (QED) is 0.793. The molecule has 0 unspecified atom stereocenters. The lowest BCUT2D eigenvalue weighted by Gasteiger charge is -2.32. The Morgan fingerprint density at radius 3 is 2.62 bits per heavy atom. The van der Waals surface area contributed by atoms with Crippen LogP contribution in [0.2, 0.25) is 0 Å². The number of amides is 2. The number of hydrogen-bond donors (Lipinski definition) is 1. The maximum Gasteiger partial charge on any atom is 0.308 e. The van der Waals surface area contributed by atoms with Crippen molar-refractivity contribution in [1.82, 2.24) is 4.90 Å². The van der Waals surface area contributed by atoms with Gasteiger partial charge in [-0.2, -0.15) is 5.26 Å². The first kappa shape index (κ1) is 19.8. The molecule has 1 heterocycles. The van der Waals surface area contributed by atoms with E-state index in [0.29, 0.717) is 11.3 Å². The van der Waals surface area contributed by atoms with Crippen LogP contribution in [0.1, 0.15) is 36.1 Å². The first-order chi connectivity index (χ1) is 14.0. The molecule has 0 aliphatic carbocycles. The Labute approximate surface area is 168 Å². The van der Waals surface area contributed by atoms with Gasteiger partial charge in [-0.05, 0) is 29.3 Å². The maximum absolute atomic E-state index is 12.4. The van der Waals surface area contributed by atoms with Crippen LogP contribution in [0.25, 0.3) is 6.08 Å². The summed E-state index contributed by atoms with van der Waals surface area (Å²) in [5.74, 6) is -1.34. The van der Waals surface area contributed by atoms with Gasteiger partial charge in [0, 0.05) is 13.1 Å². The van der Waals surface area contributed by atoms with Gasteiger partial charge >= 0.3 is 5.97 Å². The largest absolute Gasteiger partial charge is 0.455 e. The van der Waals surface area contributed by atoms with Crippen LogP contribution in [0.5, 0.6) is 0 Å². The SMILES string of the molecule is CC(=O)N1C=Cc2ccccc2[C@@H]1CC(=O)OCC(=O)Nc1ccccc1C#N. The molecule has 146 valence electrons. The van der Waals surface area contributed by atoms with Crippen LogP contribution >= 0.6 is 0 Å². The van der Waals surface area contributed by atoms with Crippen molar-refractivity contribution in [3.05, 3.63) is 71.4 Å². The van der Waals surface area contributed by atoms with Crippen LogP contribution in [0.4, 0.5) is 5.69 Å². The highest BCUT2D eigenvalue weighted by atomic mass is 16.5. The summed E-state index contributed by atoms with van der Waals surface area (Å²) in [5.41, 5.74) is 2.43. The Morgan fingerprint density at radius 2 is 1.86 bits per heavy atom. The number of rotatable bonds is 5. The lowest BCUT2D eigenvalue weighted by molar-refractivity contribution is -0.149. The van der Waals surface area contributed by atoms with E-state index in [1.807, 2.05) is 36.4 Å². The minimum absolute atomic E-state index is 0.0804. The van der Waals surface area contributed by atoms with Gasteiger partial charge in [-0.3, -0.25) is 14.4 Å². The molecule has 0 fully saturated rings. The van der Waals surface area contributed by atoms with E-state index >= 15 is 0 Å². The summed E-state index contributed by atoms with van der Waals surface area (Å²) in [6.07, 6.45) is 3.38. The Bertz CT molecular complexity index is 1020. The normalized spacial score (nSPS) is 14.5. The number of carbonyl (C=O) groups is 3. The third-order valence-corrected chi connectivity index (χ3v) is 4.51. The maximum atomic E-state index is 12.4. The third kappa shape index (κ3) is 4.68. The van der Waals surface area contributed by atoms with E-state index in [1.54, 1.807) is 30.5 Å². The van der Waals surface area contributed by atoms with Crippen LogP contribution in [-0.4, -0.2) is 29.3 Å². The first-order valence-corrected chi connectivity index (χ1v) is 9.00. The predicted octanol–water partition coefficient (Wildman–Crippen LogP) is 3.00. The number of ether oxygens (including phenoxy) is 1. The second-order valence-corrected chi connectivity index (χ2v) is 6.46. The highest BCUT2D eigenvalue weighted by molar-refractivity contribution is 5.94. The number of nitrogens with zero attached hydrogens (tertiary/aromatic N) is 2. The molecule has 3 rings (SSSR count). The fraction of sp³-hybridized carbons (Fsp3) is 0.182. The summed E-state index contributed by atoms with van der Waals surface area (Å²) in [6, 6.07) is 15.5. The first-order valence-electron chi connectivity index (χ1n) is 9.00. The molecule has 0 saturated heterocycles. The summed E-state index contributed by atoms with van der Waals surface area (Å²) in [4.78, 5) is 37.9. The lowest BCUT2D eigenvalue weighted by atomic mass is 9.94. The van der Waals surface area contributed by atoms with Crippen LogP contribution < -0.4 is 5.32 Å². The van der Waals surface area contributed by atoms with Crippen LogP contribution in [-0.2, 0) is 19.1 Å². The summed E-state index contributed by atoms with van der Waals surface area (Å²) in [5, 5.41) is 11.6. The fourth-order valence-electron chi connectivity index (χ4n) is 3.15. The Morgan fingerprint density at radius 1 is 1.14 bits per heavy atom. The van der Waals surface area contributed by atoms with Crippen LogP contribution in [0.15, 0.2) is 54.7 Å². The van der Waals surface area contributed by atoms with Gasteiger partial charge in [-0.25, -0.2) is 0 Å². The van der Waals surface area contributed by atoms with Gasteiger partial charge in [0.15, 0.2) is 6.61 Å². The lowest BCUT2D eigenvalue weighted by Crippen LogP contribution is -2.33. The van der Waals surface area contributed by atoms with E-state index < -0.39 is 24.5 Å². The number of nitriles is 1. The molecule has 0 aromatic heterocycles. The second-order valence-electron chi connectivity index (χ2n) is 6.46. The summed E-state index contributed by atoms with van der Waals surface area (Å²) >= 11 is 0. The number of carbonyl (C=O) groups excluding carboxylic acids is 3. The van der Waals surface area contributed by atoms with Gasteiger partial charge in [0.1, 0.15) is 6.07 Å². The minimum Gasteiger partial charge on any atom is -0.455 e. The zero-order valence-electron chi connectivity index (χ0n) is 15.8. The summed E-state index contributed by atoms with van der Waals surface area (Å²) in [6.45, 7) is 0.944. The zero-order chi connectivity index (χ0) is 20.8. The Kier molecular flexibility index (Phi) is 6.05. The number of hydrogen-bond acceptors (Lipinski definition) is 5. The van der Waals surface area contributed by atoms with Crippen molar-refractivity contribution in [1.29, 1.82) is 5.26 Å². The number of para-hydroxylation sites is 1. The fourth-order valence-corrected chi connectivity index (χ4v) is 3.15. The van der Waals surface area contributed by atoms with Crippen molar-refractivity contribution < 1.29 is 19.1 Å². The van der Waals surface area contributed by atoms with Gasteiger partial charge in [-0.15, -0.1) is 0 Å². The zero-order valence-corrected chi connectivity index (χ0v) is 15.8. The number of nitrogens with one attached hydrogen (secondary N) is 1. The van der Waals surface area contributed by atoms with E-state index in [-0.39, 0.29) is 12.3 Å². The van der Waals surface area contributed by atoms with E-state index in [9.17, 15) is 14.4 Å². The van der Waals surface area contributed by atoms with E-state index in [4.69, 9.17) is 10.00 Å². The minimum atomic E-state index is -0.602. The summed E-state index contributed by atoms with van der Waals surface area (Å²) < 4.78 is 5.10. The Hall–Kier alpha value is -3.92. The molecule has 1 N–H and O–H groups in total. The van der Waals surface area contributed by atoms with Crippen molar-refractivity contribution in [2.75, 3.05) is 11.9 Å². The molecular formula is C22H19N3O4. The van der Waals surface area contributed by atoms with Crippen LogP contribution in [0.3, 0.4) is 0 Å². The van der Waals surface area contributed by atoms with Crippen molar-refractivity contribution in [3.8, 4) is 6.07 Å². The van der Waals surface area contributed by atoms with Gasteiger partial charge in [0.25, 0.3) is 5.91 Å². The Balaban J connectivity index is 1.62. The number of anilines is 1. The number of benzene rings is 2. The smallest absolute Gasteiger partial charge is 0.308 e.